The van der Waals surface area contributed by atoms with Crippen molar-refractivity contribution in [3.8, 4) is 0 Å². The van der Waals surface area contributed by atoms with Crippen molar-refractivity contribution in [1.82, 2.24) is 0 Å². The molecule has 2 aromatic rings. The van der Waals surface area contributed by atoms with E-state index in [-0.39, 0.29) is 32.0 Å². The third-order valence-electron chi connectivity index (χ3n) is 3.44. The van der Waals surface area contributed by atoms with Gasteiger partial charge in [-0.25, -0.2) is 0 Å². The number of rotatable bonds is 7. The Balaban J connectivity index is -0.000000129. The maximum absolute atomic E-state index is 8.64. The van der Waals surface area contributed by atoms with Gasteiger partial charge in [0.15, 0.2) is 0 Å². The number of benzene rings is 2. The second-order valence-corrected chi connectivity index (χ2v) is 11.1. The van der Waals surface area contributed by atoms with Crippen LogP contribution in [0.2, 0.25) is 0 Å². The van der Waals surface area contributed by atoms with Crippen LogP contribution in [-0.4, -0.2) is 67.0 Å². The summed E-state index contributed by atoms with van der Waals surface area (Å²) in [7, 11) is 14.8. The van der Waals surface area contributed by atoms with Gasteiger partial charge in [-0.1, -0.05) is 71.1 Å². The Bertz CT molecular complexity index is 727. The predicted molar refractivity (Wildman–Crippen MR) is 159 cm³/mol. The molecule has 0 N–H and O–H groups in total. The second kappa shape index (κ2) is 20.5. The monoisotopic (exact) mass is 532 g/mol. The Morgan fingerprint density at radius 2 is 1.03 bits per heavy atom. The molecular formula is C22H44B2N2O3P2S2. The van der Waals surface area contributed by atoms with Crippen molar-refractivity contribution in [3.63, 3.8) is 0 Å². The van der Waals surface area contributed by atoms with Gasteiger partial charge < -0.3 is 8.97 Å². The molecule has 5 nitrogen and oxygen atoms in total. The fraction of sp³-hybridized carbons (Fsp3) is 0.455. The van der Waals surface area contributed by atoms with Crippen LogP contribution in [0.15, 0.2) is 48.5 Å². The molecule has 11 heteroatoms. The molecule has 0 atom stereocenters. The van der Waals surface area contributed by atoms with Gasteiger partial charge in [-0.15, -0.1) is 0 Å². The molecule has 188 valence electrons. The minimum absolute atomic E-state index is 0. The molecule has 0 spiro atoms. The van der Waals surface area contributed by atoms with Crippen LogP contribution < -0.4 is 15.9 Å². The molecule has 33 heavy (non-hydrogen) atoms. The van der Waals surface area contributed by atoms with Crippen LogP contribution in [-0.2, 0) is 46.2 Å². The molecule has 0 saturated heterocycles. The van der Waals surface area contributed by atoms with Gasteiger partial charge in [-0.3, -0.25) is 0 Å². The fourth-order valence-electron chi connectivity index (χ4n) is 2.42. The minimum atomic E-state index is -0.181. The molecule has 0 radical (unpaired) electrons. The van der Waals surface area contributed by atoms with Crippen LogP contribution in [0, 0.1) is 0 Å². The van der Waals surface area contributed by atoms with Crippen molar-refractivity contribution in [3.05, 3.63) is 59.7 Å². The standard InChI is InChI=1S/2C10H15NPS.2CH4.BHO3.BH4.H2/c2*1-11(2,3)8-9-4-6-10(12-13)7-5-9;;;2-1-4-3;;/h2*4-7H,8H2,1-3H3;2*1H4;3H;1H4;1H/q2*+1;;;;-1;/p-1. The van der Waals surface area contributed by atoms with E-state index >= 15 is 0 Å². The average Bonchev–Trinajstić information content (AvgIpc) is 2.67. The first-order valence-corrected chi connectivity index (χ1v) is 12.9. The first-order valence-electron chi connectivity index (χ1n) is 9.12. The molecule has 0 fully saturated rings. The van der Waals surface area contributed by atoms with Crippen molar-refractivity contribution in [2.45, 2.75) is 27.9 Å². The zero-order valence-electron chi connectivity index (χ0n) is 18.4. The first-order chi connectivity index (χ1) is 13.9. The first kappa shape index (κ1) is 39.3. The summed E-state index contributed by atoms with van der Waals surface area (Å²) in [4.78, 5) is 2.61. The van der Waals surface area contributed by atoms with E-state index in [9.17, 15) is 0 Å². The SMILES string of the molecule is C.C.C[N+](C)(C)Cc1ccc(P=S)cc1.C[N+](C)(C)Cc1ccc(P=S)cc1.O=BO[O-].[BH4-].[HH]. The molecule has 0 aromatic heterocycles. The van der Waals surface area contributed by atoms with Crippen LogP contribution in [0.4, 0.5) is 0 Å². The molecule has 0 heterocycles. The van der Waals surface area contributed by atoms with Crippen molar-refractivity contribution in [2.24, 2.45) is 0 Å². The Hall–Kier alpha value is -0.910. The normalized spacial score (nSPS) is 9.91. The minimum Gasteiger partial charge on any atom is -0.0626 e. The zero-order valence-corrected chi connectivity index (χ0v) is 21.9. The van der Waals surface area contributed by atoms with Gasteiger partial charge in [0.25, 0.3) is 0 Å². The molecule has 0 amide bonds. The fourth-order valence-corrected chi connectivity index (χ4v) is 3.69. The van der Waals surface area contributed by atoms with E-state index in [4.69, 9.17) is 33.6 Å². The maximum Gasteiger partial charge on any atom is 0 e. The molecule has 0 aliphatic rings. The summed E-state index contributed by atoms with van der Waals surface area (Å²) in [5.74, 6) is 0. The summed E-state index contributed by atoms with van der Waals surface area (Å²) >= 11 is 9.88. The molecule has 0 aliphatic heterocycles. The number of nitrogens with zero attached hydrogens (tertiary/aromatic N) is 2. The Morgan fingerprint density at radius 1 is 0.788 bits per heavy atom. The molecule has 0 bridgehead atoms. The largest absolute Gasteiger partial charge is 0.0626 e. The van der Waals surface area contributed by atoms with Gasteiger partial charge in [0, 0.05) is 37.9 Å². The molecule has 0 unspecified atom stereocenters. The van der Waals surface area contributed by atoms with Gasteiger partial charge >= 0.3 is 22.1 Å². The summed E-state index contributed by atoms with van der Waals surface area (Å²) in [6.45, 7) is 2.13. The molecular weight excluding hydrogens is 488 g/mol. The third kappa shape index (κ3) is 22.6. The average molecular weight is 532 g/mol. The van der Waals surface area contributed by atoms with E-state index in [1.807, 2.05) is 0 Å². The van der Waals surface area contributed by atoms with E-state index in [1.165, 1.54) is 21.7 Å². The molecule has 2 aromatic carbocycles. The van der Waals surface area contributed by atoms with Crippen LogP contribution in [0.25, 0.3) is 0 Å². The Kier molecular flexibility index (Phi) is 24.4. The van der Waals surface area contributed by atoms with E-state index in [2.05, 4.69) is 95.6 Å². The molecule has 0 saturated carbocycles. The van der Waals surface area contributed by atoms with Crippen LogP contribution in [0.3, 0.4) is 0 Å². The summed E-state index contributed by atoms with van der Waals surface area (Å²) in [6.07, 6.45) is 0. The summed E-state index contributed by atoms with van der Waals surface area (Å²) in [5, 5.41) is 10.8. The van der Waals surface area contributed by atoms with E-state index in [1.54, 1.807) is 0 Å². The third-order valence-corrected chi connectivity index (χ3v) is 5.72. The summed E-state index contributed by atoms with van der Waals surface area (Å²) in [5.41, 5.74) is 2.74. The van der Waals surface area contributed by atoms with Gasteiger partial charge in [-0.2, -0.15) is 0 Å². The van der Waals surface area contributed by atoms with Crippen molar-refractivity contribution >= 4 is 64.7 Å². The maximum atomic E-state index is 8.64. The summed E-state index contributed by atoms with van der Waals surface area (Å²) in [6, 6.07) is 17.1. The molecule has 2 rings (SSSR count). The topological polar surface area (TPSA) is 49.4 Å². The Labute approximate surface area is 219 Å². The summed E-state index contributed by atoms with van der Waals surface area (Å²) < 4.78 is 10.6. The smallest absolute Gasteiger partial charge is 0 e. The Morgan fingerprint density at radius 3 is 1.18 bits per heavy atom. The quantitative estimate of drug-likeness (QED) is 0.180. The van der Waals surface area contributed by atoms with E-state index < -0.39 is 0 Å². The molecule has 0 aliphatic carbocycles. The van der Waals surface area contributed by atoms with Crippen molar-refractivity contribution < 1.29 is 25.2 Å². The van der Waals surface area contributed by atoms with E-state index in [0.29, 0.717) is 0 Å². The van der Waals surface area contributed by atoms with Crippen molar-refractivity contribution in [2.75, 3.05) is 42.3 Å². The van der Waals surface area contributed by atoms with Crippen LogP contribution in [0.5, 0.6) is 0 Å². The number of hydrogen-bond donors (Lipinski definition) is 0. The van der Waals surface area contributed by atoms with Gasteiger partial charge in [-0.05, 0) is 24.3 Å². The number of quaternary nitrogens is 2. The zero-order chi connectivity index (χ0) is 23.2. The van der Waals surface area contributed by atoms with Crippen molar-refractivity contribution in [1.29, 1.82) is 0 Å². The second-order valence-electron chi connectivity index (χ2n) is 8.60. The number of hydrogen-bond acceptors (Lipinski definition) is 5. The van der Waals surface area contributed by atoms with Gasteiger partial charge in [0.05, 0.1) is 42.3 Å². The van der Waals surface area contributed by atoms with Gasteiger partial charge in [0.1, 0.15) is 13.1 Å². The van der Waals surface area contributed by atoms with Crippen LogP contribution >= 0.6 is 14.7 Å². The van der Waals surface area contributed by atoms with E-state index in [0.717, 1.165) is 36.8 Å². The van der Waals surface area contributed by atoms with Gasteiger partial charge in [0.2, 0.25) is 0 Å². The van der Waals surface area contributed by atoms with Crippen LogP contribution in [0.1, 0.15) is 27.4 Å². The predicted octanol–water partition coefficient (Wildman–Crippen LogP) is 2.16.